The highest BCUT2D eigenvalue weighted by Crippen LogP contribution is 2.35. The summed E-state index contributed by atoms with van der Waals surface area (Å²) in [6, 6.07) is 8.27. The lowest BCUT2D eigenvalue weighted by Gasteiger charge is -2.30. The average Bonchev–Trinajstić information content (AvgIpc) is 2.27. The Kier molecular flexibility index (Phi) is 4.10. The molecule has 0 aliphatic heterocycles. The van der Waals surface area contributed by atoms with Crippen molar-refractivity contribution < 1.29 is 14.3 Å². The van der Waals surface area contributed by atoms with Gasteiger partial charge in [-0.2, -0.15) is 0 Å². The van der Waals surface area contributed by atoms with Crippen molar-refractivity contribution in [1.82, 2.24) is 5.32 Å². The second kappa shape index (κ2) is 5.61. The molecule has 1 N–H and O–H groups in total. The Bertz CT molecular complexity index is 451. The van der Waals surface area contributed by atoms with Gasteiger partial charge in [-0.3, -0.25) is 0 Å². The quantitative estimate of drug-likeness (QED) is 0.850. The monoisotopic (exact) mass is 263 g/mol. The maximum atomic E-state index is 11.4. The van der Waals surface area contributed by atoms with Crippen molar-refractivity contribution in [1.29, 1.82) is 0 Å². The summed E-state index contributed by atoms with van der Waals surface area (Å²) in [5.41, 5.74) is 2.16. The van der Waals surface area contributed by atoms with Crippen LogP contribution in [0, 0.1) is 0 Å². The molecule has 4 nitrogen and oxygen atoms in total. The number of fused-ring (bicyclic) bond motifs is 1. The molecule has 0 radical (unpaired) electrons. The van der Waals surface area contributed by atoms with E-state index in [2.05, 4.69) is 17.4 Å². The van der Waals surface area contributed by atoms with Crippen LogP contribution < -0.4 is 5.32 Å². The number of rotatable bonds is 4. The first kappa shape index (κ1) is 13.9. The summed E-state index contributed by atoms with van der Waals surface area (Å²) in [5.74, 6) is 0. The van der Waals surface area contributed by atoms with E-state index in [-0.39, 0.29) is 6.10 Å². The fourth-order valence-corrected chi connectivity index (χ4v) is 2.03. The molecule has 0 spiro atoms. The Morgan fingerprint density at radius 2 is 2.11 bits per heavy atom. The van der Waals surface area contributed by atoms with Crippen molar-refractivity contribution in [3.05, 3.63) is 35.4 Å². The molecule has 2 rings (SSSR count). The van der Waals surface area contributed by atoms with Gasteiger partial charge in [-0.1, -0.05) is 24.3 Å². The Hall–Kier alpha value is -1.55. The van der Waals surface area contributed by atoms with E-state index in [1.807, 2.05) is 32.9 Å². The van der Waals surface area contributed by atoms with Gasteiger partial charge in [-0.25, -0.2) is 4.79 Å². The molecule has 0 saturated carbocycles. The van der Waals surface area contributed by atoms with Crippen LogP contribution in [0.3, 0.4) is 0 Å². The first-order valence-corrected chi connectivity index (χ1v) is 6.62. The summed E-state index contributed by atoms with van der Waals surface area (Å²) in [4.78, 5) is 11.4. The molecule has 104 valence electrons. The van der Waals surface area contributed by atoms with E-state index in [1.165, 1.54) is 11.1 Å². The molecule has 19 heavy (non-hydrogen) atoms. The van der Waals surface area contributed by atoms with Crippen molar-refractivity contribution in [2.75, 3.05) is 13.2 Å². The minimum Gasteiger partial charge on any atom is -0.444 e. The minimum absolute atomic E-state index is 0.177. The average molecular weight is 263 g/mol. The smallest absolute Gasteiger partial charge is 0.407 e. The highest BCUT2D eigenvalue weighted by molar-refractivity contribution is 5.67. The summed E-state index contributed by atoms with van der Waals surface area (Å²) in [7, 11) is 0. The Balaban J connectivity index is 1.63. The number of carbonyl (C=O) groups is 1. The summed E-state index contributed by atoms with van der Waals surface area (Å²) in [6.07, 6.45) is 0.740. The number of ether oxygens (including phenoxy) is 2. The molecular weight excluding hydrogens is 242 g/mol. The van der Waals surface area contributed by atoms with Gasteiger partial charge in [0.25, 0.3) is 0 Å². The SMILES string of the molecule is CC(C)(C)OC(=O)NCCOC1Cc2ccccc21. The first-order valence-electron chi connectivity index (χ1n) is 6.62. The predicted octanol–water partition coefficient (Wildman–Crippen LogP) is 2.83. The van der Waals surface area contributed by atoms with Crippen LogP contribution in [0.15, 0.2) is 24.3 Å². The van der Waals surface area contributed by atoms with Crippen LogP contribution in [0.4, 0.5) is 4.79 Å². The minimum atomic E-state index is -0.460. The van der Waals surface area contributed by atoms with E-state index >= 15 is 0 Å². The van der Waals surface area contributed by atoms with Crippen LogP contribution >= 0.6 is 0 Å². The number of nitrogens with one attached hydrogen (secondary N) is 1. The second-order valence-electron chi connectivity index (χ2n) is 5.69. The maximum Gasteiger partial charge on any atom is 0.407 e. The zero-order valence-corrected chi connectivity index (χ0v) is 11.7. The van der Waals surface area contributed by atoms with Crippen molar-refractivity contribution in [2.45, 2.75) is 38.9 Å². The largest absolute Gasteiger partial charge is 0.444 e. The summed E-state index contributed by atoms with van der Waals surface area (Å²) < 4.78 is 10.9. The first-order chi connectivity index (χ1) is 8.96. The van der Waals surface area contributed by atoms with Crippen molar-refractivity contribution in [3.8, 4) is 0 Å². The van der Waals surface area contributed by atoms with Crippen LogP contribution in [0.2, 0.25) is 0 Å². The second-order valence-corrected chi connectivity index (χ2v) is 5.69. The molecule has 1 aliphatic carbocycles. The van der Waals surface area contributed by atoms with Gasteiger partial charge in [0.2, 0.25) is 0 Å². The normalized spacial score (nSPS) is 17.3. The molecule has 4 heteroatoms. The predicted molar refractivity (Wildman–Crippen MR) is 73.1 cm³/mol. The fourth-order valence-electron chi connectivity index (χ4n) is 2.03. The zero-order valence-electron chi connectivity index (χ0n) is 11.7. The number of hydrogen-bond acceptors (Lipinski definition) is 3. The van der Waals surface area contributed by atoms with Gasteiger partial charge in [-0.15, -0.1) is 0 Å². The van der Waals surface area contributed by atoms with Crippen molar-refractivity contribution in [3.63, 3.8) is 0 Å². The number of amides is 1. The Morgan fingerprint density at radius 3 is 2.79 bits per heavy atom. The standard InChI is InChI=1S/C15H21NO3/c1-15(2,3)19-14(17)16-8-9-18-13-10-11-6-4-5-7-12(11)13/h4-7,13H,8-10H2,1-3H3,(H,16,17). The van der Waals surface area contributed by atoms with Gasteiger partial charge in [0.15, 0.2) is 0 Å². The summed E-state index contributed by atoms with van der Waals surface area (Å²) >= 11 is 0. The van der Waals surface area contributed by atoms with Crippen molar-refractivity contribution >= 4 is 6.09 Å². The lowest BCUT2D eigenvalue weighted by atomic mass is 9.85. The third kappa shape index (κ3) is 3.96. The molecule has 0 bridgehead atoms. The van der Waals surface area contributed by atoms with Gasteiger partial charge in [0, 0.05) is 13.0 Å². The lowest BCUT2D eigenvalue weighted by Crippen LogP contribution is -2.34. The molecule has 1 amide bonds. The summed E-state index contributed by atoms with van der Waals surface area (Å²) in [6.45, 7) is 6.49. The Morgan fingerprint density at radius 1 is 1.37 bits per heavy atom. The van der Waals surface area contributed by atoms with Crippen LogP contribution in [-0.2, 0) is 15.9 Å². The van der Waals surface area contributed by atoms with Crippen LogP contribution in [0.1, 0.15) is 38.0 Å². The topological polar surface area (TPSA) is 47.6 Å². The molecule has 1 aromatic carbocycles. The molecule has 0 saturated heterocycles. The number of benzene rings is 1. The van der Waals surface area contributed by atoms with Gasteiger partial charge in [-0.05, 0) is 31.9 Å². The van der Waals surface area contributed by atoms with Crippen LogP contribution in [0.5, 0.6) is 0 Å². The number of hydrogen-bond donors (Lipinski definition) is 1. The molecule has 0 fully saturated rings. The molecule has 0 aromatic heterocycles. The summed E-state index contributed by atoms with van der Waals surface area (Å²) in [5, 5.41) is 2.68. The third-order valence-corrected chi connectivity index (χ3v) is 2.90. The van der Waals surface area contributed by atoms with E-state index in [9.17, 15) is 4.79 Å². The van der Waals surface area contributed by atoms with Gasteiger partial charge < -0.3 is 14.8 Å². The van der Waals surface area contributed by atoms with E-state index < -0.39 is 11.7 Å². The highest BCUT2D eigenvalue weighted by atomic mass is 16.6. The highest BCUT2D eigenvalue weighted by Gasteiger charge is 2.25. The van der Waals surface area contributed by atoms with Gasteiger partial charge in [0.1, 0.15) is 5.60 Å². The molecular formula is C15H21NO3. The van der Waals surface area contributed by atoms with Crippen LogP contribution in [-0.4, -0.2) is 24.8 Å². The van der Waals surface area contributed by atoms with E-state index in [0.29, 0.717) is 13.2 Å². The lowest BCUT2D eigenvalue weighted by molar-refractivity contribution is 0.0303. The molecule has 1 aliphatic rings. The maximum absolute atomic E-state index is 11.4. The molecule has 1 unspecified atom stereocenters. The van der Waals surface area contributed by atoms with Gasteiger partial charge in [0.05, 0.1) is 12.7 Å². The van der Waals surface area contributed by atoms with E-state index in [1.54, 1.807) is 0 Å². The van der Waals surface area contributed by atoms with Gasteiger partial charge >= 0.3 is 6.09 Å². The number of carbonyl (C=O) groups excluding carboxylic acids is 1. The zero-order chi connectivity index (χ0) is 13.9. The molecule has 1 aromatic rings. The third-order valence-electron chi connectivity index (χ3n) is 2.90. The van der Waals surface area contributed by atoms with E-state index in [4.69, 9.17) is 9.47 Å². The fraction of sp³-hybridized carbons (Fsp3) is 0.533. The number of alkyl carbamates (subject to hydrolysis) is 1. The van der Waals surface area contributed by atoms with E-state index in [0.717, 1.165) is 6.42 Å². The molecule has 0 heterocycles. The van der Waals surface area contributed by atoms with Crippen LogP contribution in [0.25, 0.3) is 0 Å². The van der Waals surface area contributed by atoms with Crippen molar-refractivity contribution in [2.24, 2.45) is 0 Å². The molecule has 1 atom stereocenters. The Labute approximate surface area is 114 Å².